The molecule has 2 rings (SSSR count). The topological polar surface area (TPSA) is 55.7 Å². The Bertz CT molecular complexity index is 549. The maximum Gasteiger partial charge on any atom is 0.352 e. The van der Waals surface area contributed by atoms with Crippen molar-refractivity contribution < 1.29 is 14.3 Å². The van der Waals surface area contributed by atoms with Gasteiger partial charge in [-0.2, -0.15) is 0 Å². The van der Waals surface area contributed by atoms with Gasteiger partial charge < -0.3 is 4.74 Å². The van der Waals surface area contributed by atoms with Crippen molar-refractivity contribution in [2.45, 2.75) is 13.3 Å². The number of rotatable bonds is 1. The molecule has 0 aromatic heterocycles. The van der Waals surface area contributed by atoms with Gasteiger partial charge in [0, 0.05) is 10.6 Å². The number of carbonyl (C=O) groups is 2. The van der Waals surface area contributed by atoms with E-state index in [2.05, 4.69) is 9.73 Å². The first-order chi connectivity index (χ1) is 8.04. The third kappa shape index (κ3) is 1.96. The monoisotopic (exact) mass is 251 g/mol. The van der Waals surface area contributed by atoms with Crippen LogP contribution in [-0.2, 0) is 9.53 Å². The number of ether oxygens (including phenoxy) is 1. The van der Waals surface area contributed by atoms with E-state index in [4.69, 9.17) is 11.6 Å². The lowest BCUT2D eigenvalue weighted by atomic mass is 9.96. The van der Waals surface area contributed by atoms with Gasteiger partial charge in [0.25, 0.3) is 0 Å². The van der Waals surface area contributed by atoms with Gasteiger partial charge in [0.05, 0.1) is 19.2 Å². The van der Waals surface area contributed by atoms with Crippen LogP contribution in [0.4, 0.5) is 5.69 Å². The first-order valence-corrected chi connectivity index (χ1v) is 5.40. The molecule has 1 aliphatic rings. The predicted octanol–water partition coefficient (Wildman–Crippen LogP) is 2.48. The second kappa shape index (κ2) is 4.30. The second-order valence-corrected chi connectivity index (χ2v) is 4.12. The van der Waals surface area contributed by atoms with Crippen LogP contribution in [0.3, 0.4) is 0 Å². The highest BCUT2D eigenvalue weighted by Gasteiger charge is 2.26. The summed E-state index contributed by atoms with van der Waals surface area (Å²) in [5, 5.41) is 0.522. The lowest BCUT2D eigenvalue weighted by molar-refractivity contribution is -0.132. The number of aliphatic imine (C=N–C) groups is 1. The van der Waals surface area contributed by atoms with Crippen LogP contribution < -0.4 is 0 Å². The third-order valence-electron chi connectivity index (χ3n) is 2.66. The number of ketones is 1. The van der Waals surface area contributed by atoms with Crippen LogP contribution in [0.2, 0.25) is 5.02 Å². The van der Waals surface area contributed by atoms with E-state index in [0.717, 1.165) is 0 Å². The minimum absolute atomic E-state index is 0.0408. The number of benzene rings is 1. The molecule has 5 heteroatoms. The average Bonchev–Trinajstić information content (AvgIpc) is 2.32. The number of methoxy groups -OCH3 is 1. The molecule has 17 heavy (non-hydrogen) atoms. The van der Waals surface area contributed by atoms with Gasteiger partial charge in [-0.15, -0.1) is 0 Å². The molecule has 1 aromatic carbocycles. The molecule has 0 N–H and O–H groups in total. The molecule has 0 saturated carbocycles. The summed E-state index contributed by atoms with van der Waals surface area (Å²) in [4.78, 5) is 27.4. The molecule has 88 valence electrons. The molecule has 1 aliphatic heterocycles. The molecule has 0 aliphatic carbocycles. The summed E-state index contributed by atoms with van der Waals surface area (Å²) >= 11 is 5.94. The van der Waals surface area contributed by atoms with Gasteiger partial charge in [0.2, 0.25) is 0 Å². The minimum atomic E-state index is -0.573. The summed E-state index contributed by atoms with van der Waals surface area (Å²) in [6, 6.07) is 3.29. The average molecular weight is 252 g/mol. The molecule has 0 atom stereocenters. The quantitative estimate of drug-likeness (QED) is 0.721. The molecule has 0 unspecified atom stereocenters. The van der Waals surface area contributed by atoms with Crippen LogP contribution >= 0.6 is 11.6 Å². The van der Waals surface area contributed by atoms with Crippen LogP contribution in [0.25, 0.3) is 0 Å². The molecule has 0 spiro atoms. The highest BCUT2D eigenvalue weighted by Crippen LogP contribution is 2.32. The van der Waals surface area contributed by atoms with Crippen molar-refractivity contribution in [2.75, 3.05) is 7.11 Å². The second-order valence-electron chi connectivity index (χ2n) is 3.72. The van der Waals surface area contributed by atoms with Gasteiger partial charge in [-0.25, -0.2) is 9.79 Å². The Labute approximate surface area is 103 Å². The van der Waals surface area contributed by atoms with E-state index in [9.17, 15) is 9.59 Å². The Kier molecular flexibility index (Phi) is 2.98. The maximum atomic E-state index is 11.9. The fraction of sp³-hybridized carbons (Fsp3) is 0.250. The summed E-state index contributed by atoms with van der Waals surface area (Å²) < 4.78 is 4.56. The molecule has 4 nitrogen and oxygen atoms in total. The zero-order chi connectivity index (χ0) is 12.6. The molecular weight excluding hydrogens is 242 g/mol. The highest BCUT2D eigenvalue weighted by atomic mass is 35.5. The third-order valence-corrected chi connectivity index (χ3v) is 3.07. The molecule has 0 amide bonds. The standard InChI is InChI=1S/C12H10ClNO3/c1-6-7(13)3-4-8-11(6)10(15)5-9(14-8)12(16)17-2/h3-4H,5H2,1-2H3. The SMILES string of the molecule is COC(=O)C1=Nc2ccc(Cl)c(C)c2C(=O)C1. The van der Waals surface area contributed by atoms with E-state index in [-0.39, 0.29) is 17.9 Å². The van der Waals surface area contributed by atoms with Crippen molar-refractivity contribution in [3.05, 3.63) is 28.3 Å². The van der Waals surface area contributed by atoms with Gasteiger partial charge in [-0.3, -0.25) is 4.79 Å². The molecular formula is C12H10ClNO3. The molecule has 1 heterocycles. The van der Waals surface area contributed by atoms with Crippen molar-refractivity contribution >= 4 is 34.8 Å². The summed E-state index contributed by atoms with van der Waals surface area (Å²) in [7, 11) is 1.26. The van der Waals surface area contributed by atoms with E-state index in [1.165, 1.54) is 7.11 Å². The fourth-order valence-electron chi connectivity index (χ4n) is 1.78. The molecule has 0 saturated heterocycles. The highest BCUT2D eigenvalue weighted by molar-refractivity contribution is 6.43. The lowest BCUT2D eigenvalue weighted by Gasteiger charge is -2.15. The van der Waals surface area contributed by atoms with Crippen LogP contribution in [0.15, 0.2) is 17.1 Å². The molecule has 1 aromatic rings. The first-order valence-electron chi connectivity index (χ1n) is 5.02. The molecule has 0 radical (unpaired) electrons. The first kappa shape index (κ1) is 11.8. The maximum absolute atomic E-state index is 11.9. The van der Waals surface area contributed by atoms with Crippen molar-refractivity contribution in [3.8, 4) is 0 Å². The van der Waals surface area contributed by atoms with E-state index in [1.807, 2.05) is 0 Å². The van der Waals surface area contributed by atoms with E-state index in [1.54, 1.807) is 19.1 Å². The van der Waals surface area contributed by atoms with E-state index in [0.29, 0.717) is 21.8 Å². The Morgan fingerprint density at radius 1 is 1.47 bits per heavy atom. The number of esters is 1. The number of halogens is 1. The van der Waals surface area contributed by atoms with Crippen LogP contribution in [0.5, 0.6) is 0 Å². The fourth-order valence-corrected chi connectivity index (χ4v) is 1.94. The Balaban J connectivity index is 2.58. The smallest absolute Gasteiger partial charge is 0.352 e. The summed E-state index contributed by atoms with van der Waals surface area (Å²) in [6.45, 7) is 1.76. The Hall–Kier alpha value is -1.68. The van der Waals surface area contributed by atoms with Crippen molar-refractivity contribution in [2.24, 2.45) is 4.99 Å². The zero-order valence-electron chi connectivity index (χ0n) is 9.41. The van der Waals surface area contributed by atoms with E-state index < -0.39 is 5.97 Å². The number of nitrogens with zero attached hydrogens (tertiary/aromatic N) is 1. The largest absolute Gasteiger partial charge is 0.465 e. The normalized spacial score (nSPS) is 14.1. The number of hydrogen-bond donors (Lipinski definition) is 0. The van der Waals surface area contributed by atoms with Gasteiger partial charge in [-0.05, 0) is 24.6 Å². The van der Waals surface area contributed by atoms with Crippen molar-refractivity contribution in [3.63, 3.8) is 0 Å². The van der Waals surface area contributed by atoms with Crippen molar-refractivity contribution in [1.82, 2.24) is 0 Å². The Morgan fingerprint density at radius 2 is 2.18 bits per heavy atom. The zero-order valence-corrected chi connectivity index (χ0v) is 10.2. The van der Waals surface area contributed by atoms with Gasteiger partial charge in [0.15, 0.2) is 5.78 Å². The number of fused-ring (bicyclic) bond motifs is 1. The van der Waals surface area contributed by atoms with Gasteiger partial charge in [-0.1, -0.05) is 11.6 Å². The number of carbonyl (C=O) groups excluding carboxylic acids is 2. The molecule has 0 fully saturated rings. The van der Waals surface area contributed by atoms with Crippen LogP contribution in [-0.4, -0.2) is 24.6 Å². The lowest BCUT2D eigenvalue weighted by Crippen LogP contribution is -2.23. The summed E-state index contributed by atoms with van der Waals surface area (Å²) in [5.41, 5.74) is 1.79. The van der Waals surface area contributed by atoms with Crippen LogP contribution in [0.1, 0.15) is 22.3 Å². The predicted molar refractivity (Wildman–Crippen MR) is 64.2 cm³/mol. The van der Waals surface area contributed by atoms with Gasteiger partial charge >= 0.3 is 5.97 Å². The number of hydrogen-bond acceptors (Lipinski definition) is 4. The van der Waals surface area contributed by atoms with Gasteiger partial charge in [0.1, 0.15) is 5.71 Å². The summed E-state index contributed by atoms with van der Waals surface area (Å²) in [5.74, 6) is -0.730. The summed E-state index contributed by atoms with van der Waals surface area (Å²) in [6.07, 6.45) is -0.0408. The minimum Gasteiger partial charge on any atom is -0.465 e. The van der Waals surface area contributed by atoms with E-state index >= 15 is 0 Å². The number of Topliss-reactive ketones (excluding diaryl/α,β-unsaturated/α-hetero) is 1. The molecule has 0 bridgehead atoms. The van der Waals surface area contributed by atoms with Crippen molar-refractivity contribution in [1.29, 1.82) is 0 Å². The Morgan fingerprint density at radius 3 is 2.82 bits per heavy atom. The van der Waals surface area contributed by atoms with Crippen LogP contribution in [0, 0.1) is 6.92 Å².